The van der Waals surface area contributed by atoms with Crippen molar-refractivity contribution >= 4 is 40.5 Å². The number of nitrogens with zero attached hydrogens (tertiary/aromatic N) is 2. The molecule has 0 atom stereocenters. The van der Waals surface area contributed by atoms with Crippen LogP contribution in [-0.2, 0) is 11.4 Å². The number of ketones is 1. The Balaban J connectivity index is 1.45. The SMILES string of the molecule is COc1cc(/C=C2\SC(=O)N(CC(=O)c3ccc([N+](=O)[O-])cc3)C2=O)ccc1OCc1cccc(C)c1. The number of imide groups is 1. The van der Waals surface area contributed by atoms with E-state index in [1.807, 2.05) is 31.2 Å². The van der Waals surface area contributed by atoms with Crippen LogP contribution in [0, 0.1) is 17.0 Å². The van der Waals surface area contributed by atoms with E-state index in [9.17, 15) is 24.5 Å². The molecule has 0 aliphatic carbocycles. The molecule has 0 bridgehead atoms. The van der Waals surface area contributed by atoms with Crippen molar-refractivity contribution in [2.24, 2.45) is 0 Å². The van der Waals surface area contributed by atoms with Crippen LogP contribution in [0.3, 0.4) is 0 Å². The van der Waals surface area contributed by atoms with E-state index in [0.717, 1.165) is 27.8 Å². The molecule has 3 aromatic rings. The molecule has 37 heavy (non-hydrogen) atoms. The van der Waals surface area contributed by atoms with E-state index in [1.54, 1.807) is 24.3 Å². The van der Waals surface area contributed by atoms with Gasteiger partial charge in [-0.2, -0.15) is 0 Å². The zero-order chi connectivity index (χ0) is 26.5. The fourth-order valence-corrected chi connectivity index (χ4v) is 4.49. The quantitative estimate of drug-likeness (QED) is 0.160. The summed E-state index contributed by atoms with van der Waals surface area (Å²) in [4.78, 5) is 49.1. The van der Waals surface area contributed by atoms with Gasteiger partial charge in [0.25, 0.3) is 16.8 Å². The van der Waals surface area contributed by atoms with Crippen molar-refractivity contribution in [2.45, 2.75) is 13.5 Å². The van der Waals surface area contributed by atoms with E-state index in [2.05, 4.69) is 0 Å². The minimum absolute atomic E-state index is 0.160. The smallest absolute Gasteiger partial charge is 0.293 e. The maximum atomic E-state index is 12.9. The molecule has 9 nitrogen and oxygen atoms in total. The number of rotatable bonds is 9. The number of non-ortho nitro benzene ring substituents is 1. The van der Waals surface area contributed by atoms with Crippen molar-refractivity contribution in [1.82, 2.24) is 4.90 Å². The van der Waals surface area contributed by atoms with E-state index in [4.69, 9.17) is 9.47 Å². The first kappa shape index (κ1) is 25.6. The number of hydrogen-bond donors (Lipinski definition) is 0. The number of methoxy groups -OCH3 is 1. The zero-order valence-electron chi connectivity index (χ0n) is 20.0. The molecule has 1 saturated heterocycles. The highest BCUT2D eigenvalue weighted by molar-refractivity contribution is 8.18. The lowest BCUT2D eigenvalue weighted by atomic mass is 10.1. The minimum atomic E-state index is -0.594. The average molecular weight is 519 g/mol. The van der Waals surface area contributed by atoms with Gasteiger partial charge in [-0.25, -0.2) is 0 Å². The van der Waals surface area contributed by atoms with Gasteiger partial charge in [-0.1, -0.05) is 35.9 Å². The summed E-state index contributed by atoms with van der Waals surface area (Å²) >= 11 is 0.732. The Morgan fingerprint density at radius 1 is 1.05 bits per heavy atom. The van der Waals surface area contributed by atoms with Gasteiger partial charge in [-0.05, 0) is 60.2 Å². The van der Waals surface area contributed by atoms with Crippen LogP contribution in [0.25, 0.3) is 6.08 Å². The molecule has 10 heteroatoms. The first-order valence-electron chi connectivity index (χ1n) is 11.1. The van der Waals surface area contributed by atoms with Crippen LogP contribution in [0.5, 0.6) is 11.5 Å². The first-order valence-corrected chi connectivity index (χ1v) is 12.0. The number of carbonyl (C=O) groups excluding carboxylic acids is 3. The molecule has 3 aromatic carbocycles. The summed E-state index contributed by atoms with van der Waals surface area (Å²) in [5.74, 6) is -0.101. The van der Waals surface area contributed by atoms with Crippen molar-refractivity contribution < 1.29 is 28.8 Å². The van der Waals surface area contributed by atoms with Gasteiger partial charge in [0.15, 0.2) is 17.3 Å². The zero-order valence-corrected chi connectivity index (χ0v) is 20.8. The van der Waals surface area contributed by atoms with Crippen LogP contribution in [0.4, 0.5) is 10.5 Å². The van der Waals surface area contributed by atoms with Gasteiger partial charge in [0, 0.05) is 17.7 Å². The lowest BCUT2D eigenvalue weighted by Gasteiger charge is -2.12. The number of nitro benzene ring substituents is 1. The predicted molar refractivity (Wildman–Crippen MR) is 139 cm³/mol. The largest absolute Gasteiger partial charge is 0.493 e. The Labute approximate surface area is 216 Å². The summed E-state index contributed by atoms with van der Waals surface area (Å²) in [7, 11) is 1.51. The number of thioether (sulfide) groups is 1. The van der Waals surface area contributed by atoms with Crippen LogP contribution in [0.1, 0.15) is 27.0 Å². The van der Waals surface area contributed by atoms with Crippen LogP contribution in [-0.4, -0.2) is 40.4 Å². The van der Waals surface area contributed by atoms with Crippen molar-refractivity contribution in [3.63, 3.8) is 0 Å². The molecular formula is C27H22N2O7S. The van der Waals surface area contributed by atoms with Crippen LogP contribution >= 0.6 is 11.8 Å². The van der Waals surface area contributed by atoms with Gasteiger partial charge in [0.2, 0.25) is 0 Å². The number of nitro groups is 1. The normalized spacial score (nSPS) is 14.2. The maximum absolute atomic E-state index is 12.9. The summed E-state index contributed by atoms with van der Waals surface area (Å²) in [6.07, 6.45) is 1.55. The fraction of sp³-hybridized carbons (Fsp3) is 0.148. The Kier molecular flexibility index (Phi) is 7.69. The number of aryl methyl sites for hydroxylation is 1. The van der Waals surface area contributed by atoms with Gasteiger partial charge >= 0.3 is 0 Å². The molecule has 2 amide bonds. The fourth-order valence-electron chi connectivity index (χ4n) is 3.65. The van der Waals surface area contributed by atoms with Gasteiger partial charge in [0.05, 0.1) is 23.5 Å². The van der Waals surface area contributed by atoms with Crippen LogP contribution in [0.15, 0.2) is 71.6 Å². The lowest BCUT2D eigenvalue weighted by molar-refractivity contribution is -0.384. The predicted octanol–water partition coefficient (Wildman–Crippen LogP) is 5.41. The van der Waals surface area contributed by atoms with E-state index in [-0.39, 0.29) is 16.2 Å². The number of Topliss-reactive ketones (excluding diaryl/α,β-unsaturated/α-hetero) is 1. The Hall–Kier alpha value is -4.44. The number of carbonyl (C=O) groups is 3. The summed E-state index contributed by atoms with van der Waals surface area (Å²) in [5.41, 5.74) is 2.77. The standard InChI is InChI=1S/C27H22N2O7S/c1-17-4-3-5-19(12-17)16-36-23-11-6-18(13-24(23)35-2)14-25-26(31)28(27(32)37-25)15-22(30)20-7-9-21(10-8-20)29(33)34/h3-14H,15-16H2,1-2H3/b25-14-. The van der Waals surface area contributed by atoms with E-state index < -0.39 is 28.4 Å². The molecule has 4 rings (SSSR count). The molecule has 0 radical (unpaired) electrons. The molecule has 1 aliphatic rings. The molecule has 1 heterocycles. The first-order chi connectivity index (χ1) is 17.7. The number of ether oxygens (including phenoxy) is 2. The Bertz CT molecular complexity index is 1420. The lowest BCUT2D eigenvalue weighted by Crippen LogP contribution is -2.33. The molecule has 0 aromatic heterocycles. The van der Waals surface area contributed by atoms with Crippen LogP contribution in [0.2, 0.25) is 0 Å². The molecule has 0 unspecified atom stereocenters. The van der Waals surface area contributed by atoms with Crippen LogP contribution < -0.4 is 9.47 Å². The second-order valence-corrected chi connectivity index (χ2v) is 9.18. The third-order valence-corrected chi connectivity index (χ3v) is 6.45. The number of hydrogen-bond acceptors (Lipinski definition) is 8. The van der Waals surface area contributed by atoms with Gasteiger partial charge in [-0.15, -0.1) is 0 Å². The Morgan fingerprint density at radius 2 is 1.81 bits per heavy atom. The van der Waals surface area contributed by atoms with E-state index in [1.165, 1.54) is 31.4 Å². The van der Waals surface area contributed by atoms with E-state index >= 15 is 0 Å². The summed E-state index contributed by atoms with van der Waals surface area (Å²) in [6.45, 7) is 1.90. The molecule has 1 aliphatic heterocycles. The molecule has 0 N–H and O–H groups in total. The number of amides is 2. The molecule has 188 valence electrons. The number of benzene rings is 3. The maximum Gasteiger partial charge on any atom is 0.293 e. The monoisotopic (exact) mass is 518 g/mol. The topological polar surface area (TPSA) is 116 Å². The second kappa shape index (κ2) is 11.1. The molecule has 0 saturated carbocycles. The van der Waals surface area contributed by atoms with Gasteiger partial charge in [0.1, 0.15) is 6.61 Å². The highest BCUT2D eigenvalue weighted by Gasteiger charge is 2.36. The molecule has 0 spiro atoms. The summed E-state index contributed by atoms with van der Waals surface area (Å²) in [5, 5.41) is 10.2. The highest BCUT2D eigenvalue weighted by Crippen LogP contribution is 2.35. The third kappa shape index (κ3) is 6.04. The minimum Gasteiger partial charge on any atom is -0.493 e. The van der Waals surface area contributed by atoms with Crippen molar-refractivity contribution in [3.8, 4) is 11.5 Å². The average Bonchev–Trinajstić information content (AvgIpc) is 3.15. The molecular weight excluding hydrogens is 496 g/mol. The second-order valence-electron chi connectivity index (χ2n) is 8.18. The van der Waals surface area contributed by atoms with Gasteiger partial charge in [-0.3, -0.25) is 29.4 Å². The summed E-state index contributed by atoms with van der Waals surface area (Å²) in [6, 6.07) is 18.1. The Morgan fingerprint density at radius 3 is 2.49 bits per heavy atom. The summed E-state index contributed by atoms with van der Waals surface area (Å²) < 4.78 is 11.3. The van der Waals surface area contributed by atoms with Gasteiger partial charge < -0.3 is 9.47 Å². The van der Waals surface area contributed by atoms with Crippen molar-refractivity contribution in [3.05, 3.63) is 104 Å². The third-order valence-electron chi connectivity index (χ3n) is 5.54. The van der Waals surface area contributed by atoms with Crippen molar-refractivity contribution in [2.75, 3.05) is 13.7 Å². The highest BCUT2D eigenvalue weighted by atomic mass is 32.2. The van der Waals surface area contributed by atoms with E-state index in [0.29, 0.717) is 23.7 Å². The van der Waals surface area contributed by atoms with Crippen molar-refractivity contribution in [1.29, 1.82) is 0 Å². The molecule has 1 fully saturated rings.